The standard InChI is InChI=1S/C16H12N4O/c17-11-6-7-14-13(8-11)18-16(21)15-9-12(19-20(14)15)10-4-2-1-3-5-10/h1-9H,17H2,(H,18,21). The van der Waals surface area contributed by atoms with E-state index in [2.05, 4.69) is 10.1 Å². The van der Waals surface area contributed by atoms with Gasteiger partial charge in [0.2, 0.25) is 0 Å². The number of anilines is 1. The lowest BCUT2D eigenvalue weighted by atomic mass is 10.1. The number of aromatic nitrogens is 3. The normalized spacial score (nSPS) is 11.2. The van der Waals surface area contributed by atoms with Crippen LogP contribution in [0.2, 0.25) is 0 Å². The summed E-state index contributed by atoms with van der Waals surface area (Å²) in [6.45, 7) is 0. The highest BCUT2D eigenvalue weighted by atomic mass is 16.1. The molecule has 0 aliphatic heterocycles. The molecular weight excluding hydrogens is 264 g/mol. The fourth-order valence-corrected chi connectivity index (χ4v) is 2.50. The number of hydrogen-bond acceptors (Lipinski definition) is 3. The first-order valence-corrected chi connectivity index (χ1v) is 6.59. The molecule has 0 unspecified atom stereocenters. The van der Waals surface area contributed by atoms with Crippen LogP contribution in [-0.4, -0.2) is 14.6 Å². The van der Waals surface area contributed by atoms with E-state index >= 15 is 0 Å². The number of rotatable bonds is 1. The van der Waals surface area contributed by atoms with Gasteiger partial charge in [-0.25, -0.2) is 4.52 Å². The highest BCUT2D eigenvalue weighted by molar-refractivity contribution is 5.82. The third kappa shape index (κ3) is 1.79. The molecule has 0 radical (unpaired) electrons. The number of nitrogen functional groups attached to an aromatic ring is 1. The fraction of sp³-hybridized carbons (Fsp3) is 0. The van der Waals surface area contributed by atoms with Crippen molar-refractivity contribution in [2.75, 3.05) is 5.73 Å². The maximum absolute atomic E-state index is 12.2. The van der Waals surface area contributed by atoms with E-state index in [9.17, 15) is 4.79 Å². The number of nitrogens with one attached hydrogen (secondary N) is 1. The summed E-state index contributed by atoms with van der Waals surface area (Å²) in [4.78, 5) is 15.0. The number of aromatic amines is 1. The van der Waals surface area contributed by atoms with Gasteiger partial charge < -0.3 is 10.7 Å². The number of fused-ring (bicyclic) bond motifs is 3. The van der Waals surface area contributed by atoms with E-state index in [4.69, 9.17) is 5.73 Å². The molecule has 5 heteroatoms. The summed E-state index contributed by atoms with van der Waals surface area (Å²) in [5.74, 6) is 0. The van der Waals surface area contributed by atoms with Crippen LogP contribution >= 0.6 is 0 Å². The van der Waals surface area contributed by atoms with Crippen molar-refractivity contribution in [2.45, 2.75) is 0 Å². The van der Waals surface area contributed by atoms with Gasteiger partial charge in [-0.1, -0.05) is 30.3 Å². The number of benzene rings is 2. The number of nitrogens with zero attached hydrogens (tertiary/aromatic N) is 2. The first kappa shape index (κ1) is 11.7. The summed E-state index contributed by atoms with van der Waals surface area (Å²) in [6.07, 6.45) is 0. The molecule has 5 nitrogen and oxygen atoms in total. The third-order valence-corrected chi connectivity index (χ3v) is 3.51. The molecule has 4 aromatic rings. The van der Waals surface area contributed by atoms with Crippen molar-refractivity contribution in [3.8, 4) is 11.3 Å². The Morgan fingerprint density at radius 2 is 1.81 bits per heavy atom. The van der Waals surface area contributed by atoms with Crippen LogP contribution in [0.5, 0.6) is 0 Å². The largest absolute Gasteiger partial charge is 0.399 e. The van der Waals surface area contributed by atoms with E-state index in [-0.39, 0.29) is 5.56 Å². The topological polar surface area (TPSA) is 76.2 Å². The maximum atomic E-state index is 12.2. The minimum Gasteiger partial charge on any atom is -0.399 e. The summed E-state index contributed by atoms with van der Waals surface area (Å²) >= 11 is 0. The minimum atomic E-state index is -0.178. The molecule has 102 valence electrons. The van der Waals surface area contributed by atoms with Gasteiger partial charge in [-0.15, -0.1) is 0 Å². The summed E-state index contributed by atoms with van der Waals surface area (Å²) in [5.41, 5.74) is 9.95. The SMILES string of the molecule is Nc1ccc2c(c1)[nH]c(=O)c1cc(-c3ccccc3)nn12. The Labute approximate surface area is 119 Å². The quantitative estimate of drug-likeness (QED) is 0.524. The average Bonchev–Trinajstić information content (AvgIpc) is 2.94. The lowest BCUT2D eigenvalue weighted by Crippen LogP contribution is -2.10. The van der Waals surface area contributed by atoms with Gasteiger partial charge in [0.05, 0.1) is 16.7 Å². The average molecular weight is 276 g/mol. The van der Waals surface area contributed by atoms with Crippen LogP contribution in [0.4, 0.5) is 5.69 Å². The van der Waals surface area contributed by atoms with E-state index in [1.165, 1.54) is 0 Å². The van der Waals surface area contributed by atoms with Crippen LogP contribution in [0, 0.1) is 0 Å². The fourth-order valence-electron chi connectivity index (χ4n) is 2.50. The van der Waals surface area contributed by atoms with Crippen LogP contribution in [0.1, 0.15) is 0 Å². The maximum Gasteiger partial charge on any atom is 0.274 e. The molecule has 0 saturated heterocycles. The molecule has 0 fully saturated rings. The summed E-state index contributed by atoms with van der Waals surface area (Å²) in [7, 11) is 0. The van der Waals surface area contributed by atoms with E-state index in [0.717, 1.165) is 16.8 Å². The number of H-pyrrole nitrogens is 1. The predicted octanol–water partition coefficient (Wildman–Crippen LogP) is 2.42. The summed E-state index contributed by atoms with van der Waals surface area (Å²) < 4.78 is 1.66. The first-order chi connectivity index (χ1) is 10.2. The molecule has 0 saturated carbocycles. The van der Waals surface area contributed by atoms with Gasteiger partial charge in [-0.2, -0.15) is 5.10 Å². The molecule has 2 aromatic heterocycles. The Kier molecular flexibility index (Phi) is 2.35. The second-order valence-corrected chi connectivity index (χ2v) is 4.92. The van der Waals surface area contributed by atoms with Gasteiger partial charge in [0.15, 0.2) is 0 Å². The molecule has 0 aliphatic carbocycles. The van der Waals surface area contributed by atoms with Crippen molar-refractivity contribution in [1.82, 2.24) is 14.6 Å². The monoisotopic (exact) mass is 276 g/mol. The van der Waals surface area contributed by atoms with Crippen LogP contribution in [0.25, 0.3) is 27.8 Å². The zero-order chi connectivity index (χ0) is 14.4. The van der Waals surface area contributed by atoms with E-state index in [1.807, 2.05) is 36.4 Å². The zero-order valence-corrected chi connectivity index (χ0v) is 11.1. The molecule has 4 rings (SSSR count). The van der Waals surface area contributed by atoms with E-state index in [1.54, 1.807) is 22.7 Å². The lowest BCUT2D eigenvalue weighted by Gasteiger charge is -2.02. The highest BCUT2D eigenvalue weighted by Crippen LogP contribution is 2.21. The van der Waals surface area contributed by atoms with Crippen LogP contribution < -0.4 is 11.3 Å². The van der Waals surface area contributed by atoms with Crippen molar-refractivity contribution in [2.24, 2.45) is 0 Å². The van der Waals surface area contributed by atoms with Gasteiger partial charge in [-0.3, -0.25) is 4.79 Å². The second-order valence-electron chi connectivity index (χ2n) is 4.92. The van der Waals surface area contributed by atoms with Gasteiger partial charge >= 0.3 is 0 Å². The molecule has 0 atom stereocenters. The van der Waals surface area contributed by atoms with Crippen molar-refractivity contribution >= 4 is 22.2 Å². The molecule has 3 N–H and O–H groups in total. The molecule has 21 heavy (non-hydrogen) atoms. The van der Waals surface area contributed by atoms with Crippen LogP contribution in [0.3, 0.4) is 0 Å². The summed E-state index contributed by atoms with van der Waals surface area (Å²) in [5, 5.41) is 4.56. The molecule has 2 aromatic carbocycles. The number of hydrogen-bond donors (Lipinski definition) is 2. The zero-order valence-electron chi connectivity index (χ0n) is 11.1. The summed E-state index contributed by atoms with van der Waals surface area (Å²) in [6, 6.07) is 17.0. The Bertz CT molecular complexity index is 1010. The van der Waals surface area contributed by atoms with Gasteiger partial charge in [-0.05, 0) is 24.3 Å². The first-order valence-electron chi connectivity index (χ1n) is 6.59. The Hall–Kier alpha value is -3.08. The van der Waals surface area contributed by atoms with Gasteiger partial charge in [0, 0.05) is 11.3 Å². The van der Waals surface area contributed by atoms with Crippen molar-refractivity contribution in [1.29, 1.82) is 0 Å². The van der Waals surface area contributed by atoms with Crippen LogP contribution in [-0.2, 0) is 0 Å². The van der Waals surface area contributed by atoms with Crippen molar-refractivity contribution < 1.29 is 0 Å². The lowest BCUT2D eigenvalue weighted by molar-refractivity contribution is 0.991. The Morgan fingerprint density at radius 1 is 1.00 bits per heavy atom. The highest BCUT2D eigenvalue weighted by Gasteiger charge is 2.10. The molecule has 2 heterocycles. The van der Waals surface area contributed by atoms with Gasteiger partial charge in [0.1, 0.15) is 5.52 Å². The Balaban J connectivity index is 2.09. The number of nitrogens with two attached hydrogens (primary N) is 1. The van der Waals surface area contributed by atoms with Crippen molar-refractivity contribution in [3.05, 3.63) is 65.0 Å². The third-order valence-electron chi connectivity index (χ3n) is 3.51. The smallest absolute Gasteiger partial charge is 0.274 e. The minimum absolute atomic E-state index is 0.178. The van der Waals surface area contributed by atoms with E-state index < -0.39 is 0 Å². The Morgan fingerprint density at radius 3 is 2.62 bits per heavy atom. The second kappa shape index (κ2) is 4.21. The molecular formula is C16H12N4O. The van der Waals surface area contributed by atoms with Crippen LogP contribution in [0.15, 0.2) is 59.4 Å². The molecule has 0 bridgehead atoms. The van der Waals surface area contributed by atoms with Crippen molar-refractivity contribution in [3.63, 3.8) is 0 Å². The molecule has 0 amide bonds. The molecule has 0 aliphatic rings. The van der Waals surface area contributed by atoms with E-state index in [0.29, 0.717) is 16.7 Å². The van der Waals surface area contributed by atoms with Gasteiger partial charge in [0.25, 0.3) is 5.56 Å². The predicted molar refractivity (Wildman–Crippen MR) is 83.2 cm³/mol. The molecule has 0 spiro atoms.